The SMILES string of the molecule is CC(NC(CO)Cc1ccccc1)c1cc(F)ccc1O. The summed E-state index contributed by atoms with van der Waals surface area (Å²) >= 11 is 0. The number of hydrogen-bond donors (Lipinski definition) is 3. The van der Waals surface area contributed by atoms with Gasteiger partial charge in [-0.25, -0.2) is 4.39 Å². The van der Waals surface area contributed by atoms with Crippen LogP contribution in [0.3, 0.4) is 0 Å². The third-order valence-corrected chi connectivity index (χ3v) is 3.49. The fourth-order valence-corrected chi connectivity index (χ4v) is 2.39. The number of phenols is 1. The third kappa shape index (κ3) is 4.28. The minimum atomic E-state index is -0.389. The summed E-state index contributed by atoms with van der Waals surface area (Å²) < 4.78 is 13.3. The van der Waals surface area contributed by atoms with E-state index in [1.165, 1.54) is 18.2 Å². The Morgan fingerprint density at radius 1 is 1.14 bits per heavy atom. The van der Waals surface area contributed by atoms with Gasteiger partial charge < -0.3 is 15.5 Å². The predicted octanol–water partition coefficient (Wildman–Crippen LogP) is 2.79. The minimum absolute atomic E-state index is 0.0324. The van der Waals surface area contributed by atoms with Gasteiger partial charge >= 0.3 is 0 Å². The molecule has 0 aliphatic heterocycles. The molecular weight excluding hydrogens is 269 g/mol. The summed E-state index contributed by atoms with van der Waals surface area (Å²) in [6, 6.07) is 13.3. The Kier molecular flexibility index (Phi) is 5.31. The third-order valence-electron chi connectivity index (χ3n) is 3.49. The molecule has 0 spiro atoms. The summed E-state index contributed by atoms with van der Waals surface area (Å²) in [5, 5.41) is 22.5. The lowest BCUT2D eigenvalue weighted by atomic mass is 10.0. The molecule has 2 unspecified atom stereocenters. The maximum atomic E-state index is 13.3. The van der Waals surface area contributed by atoms with Gasteiger partial charge in [0.05, 0.1) is 6.61 Å². The molecule has 0 amide bonds. The Bertz CT molecular complexity index is 574. The number of aliphatic hydroxyl groups is 1. The monoisotopic (exact) mass is 289 g/mol. The van der Waals surface area contributed by atoms with Crippen LogP contribution in [0, 0.1) is 5.82 Å². The molecule has 0 bridgehead atoms. The molecular formula is C17H20FNO2. The second-order valence-corrected chi connectivity index (χ2v) is 5.16. The molecule has 112 valence electrons. The van der Waals surface area contributed by atoms with Crippen molar-refractivity contribution >= 4 is 0 Å². The molecule has 0 aromatic heterocycles. The van der Waals surface area contributed by atoms with Gasteiger partial charge in [-0.3, -0.25) is 0 Å². The van der Waals surface area contributed by atoms with E-state index >= 15 is 0 Å². The van der Waals surface area contributed by atoms with E-state index in [0.29, 0.717) is 12.0 Å². The van der Waals surface area contributed by atoms with E-state index in [4.69, 9.17) is 0 Å². The molecule has 0 saturated carbocycles. The Labute approximate surface area is 124 Å². The van der Waals surface area contributed by atoms with Crippen molar-refractivity contribution in [3.63, 3.8) is 0 Å². The standard InChI is InChI=1S/C17H20FNO2/c1-12(16-10-14(18)7-8-17(16)21)19-15(11-20)9-13-5-3-2-4-6-13/h2-8,10,12,15,19-21H,9,11H2,1H3. The number of aromatic hydroxyl groups is 1. The van der Waals surface area contributed by atoms with Crippen LogP contribution >= 0.6 is 0 Å². The first-order valence-corrected chi connectivity index (χ1v) is 6.99. The molecule has 0 heterocycles. The summed E-state index contributed by atoms with van der Waals surface area (Å²) in [4.78, 5) is 0. The van der Waals surface area contributed by atoms with E-state index < -0.39 is 0 Å². The maximum absolute atomic E-state index is 13.3. The number of hydrogen-bond acceptors (Lipinski definition) is 3. The first-order chi connectivity index (χ1) is 10.1. The molecule has 0 aliphatic carbocycles. The topological polar surface area (TPSA) is 52.5 Å². The second kappa shape index (κ2) is 7.20. The van der Waals surface area contributed by atoms with Crippen LogP contribution in [0.1, 0.15) is 24.1 Å². The van der Waals surface area contributed by atoms with Crippen LogP contribution in [0.4, 0.5) is 4.39 Å². The van der Waals surface area contributed by atoms with E-state index in [0.717, 1.165) is 5.56 Å². The Morgan fingerprint density at radius 3 is 2.52 bits per heavy atom. The van der Waals surface area contributed by atoms with Crippen molar-refractivity contribution in [1.29, 1.82) is 0 Å². The highest BCUT2D eigenvalue weighted by Crippen LogP contribution is 2.25. The number of aliphatic hydroxyl groups excluding tert-OH is 1. The Balaban J connectivity index is 2.05. The van der Waals surface area contributed by atoms with Crippen molar-refractivity contribution in [1.82, 2.24) is 5.32 Å². The predicted molar refractivity (Wildman–Crippen MR) is 80.6 cm³/mol. The summed E-state index contributed by atoms with van der Waals surface area (Å²) in [6.45, 7) is 1.80. The van der Waals surface area contributed by atoms with Gasteiger partial charge in [0.25, 0.3) is 0 Å². The second-order valence-electron chi connectivity index (χ2n) is 5.16. The van der Waals surface area contributed by atoms with Crippen molar-refractivity contribution in [2.75, 3.05) is 6.61 Å². The van der Waals surface area contributed by atoms with Gasteiger partial charge in [-0.1, -0.05) is 30.3 Å². The highest BCUT2D eigenvalue weighted by Gasteiger charge is 2.16. The van der Waals surface area contributed by atoms with Crippen LogP contribution in [-0.4, -0.2) is 22.9 Å². The van der Waals surface area contributed by atoms with Gasteiger partial charge in [0.2, 0.25) is 0 Å². The molecule has 4 heteroatoms. The van der Waals surface area contributed by atoms with E-state index in [9.17, 15) is 14.6 Å². The van der Waals surface area contributed by atoms with E-state index in [-0.39, 0.29) is 30.3 Å². The van der Waals surface area contributed by atoms with Crippen LogP contribution < -0.4 is 5.32 Å². The van der Waals surface area contributed by atoms with Gasteiger partial charge in [-0.2, -0.15) is 0 Å². The largest absolute Gasteiger partial charge is 0.508 e. The molecule has 0 radical (unpaired) electrons. The van der Waals surface area contributed by atoms with Crippen molar-refractivity contribution < 1.29 is 14.6 Å². The van der Waals surface area contributed by atoms with Gasteiger partial charge in [-0.15, -0.1) is 0 Å². The number of nitrogens with one attached hydrogen (secondary N) is 1. The first kappa shape index (κ1) is 15.5. The fraction of sp³-hybridized carbons (Fsp3) is 0.294. The van der Waals surface area contributed by atoms with E-state index in [1.54, 1.807) is 0 Å². The Morgan fingerprint density at radius 2 is 1.86 bits per heavy atom. The molecule has 0 fully saturated rings. The average Bonchev–Trinajstić information content (AvgIpc) is 2.50. The van der Waals surface area contributed by atoms with E-state index in [1.807, 2.05) is 37.3 Å². The molecule has 2 atom stereocenters. The van der Waals surface area contributed by atoms with Crippen LogP contribution in [-0.2, 0) is 6.42 Å². The molecule has 0 aliphatic rings. The summed E-state index contributed by atoms with van der Waals surface area (Å²) in [6.07, 6.45) is 0.664. The number of benzene rings is 2. The maximum Gasteiger partial charge on any atom is 0.123 e. The van der Waals surface area contributed by atoms with Crippen LogP contribution in [0.5, 0.6) is 5.75 Å². The zero-order valence-electron chi connectivity index (χ0n) is 12.0. The fourth-order valence-electron chi connectivity index (χ4n) is 2.39. The van der Waals surface area contributed by atoms with E-state index in [2.05, 4.69) is 5.32 Å². The van der Waals surface area contributed by atoms with Crippen molar-refractivity contribution in [3.8, 4) is 5.75 Å². The van der Waals surface area contributed by atoms with Gasteiger partial charge in [-0.05, 0) is 37.1 Å². The van der Waals surface area contributed by atoms with Crippen molar-refractivity contribution in [2.45, 2.75) is 25.4 Å². The number of halogens is 1. The lowest BCUT2D eigenvalue weighted by molar-refractivity contribution is 0.232. The normalized spacial score (nSPS) is 13.9. The molecule has 2 aromatic carbocycles. The van der Waals surface area contributed by atoms with Crippen LogP contribution in [0.15, 0.2) is 48.5 Å². The Hall–Kier alpha value is -1.91. The molecule has 3 N–H and O–H groups in total. The van der Waals surface area contributed by atoms with Crippen molar-refractivity contribution in [2.24, 2.45) is 0 Å². The first-order valence-electron chi connectivity index (χ1n) is 6.99. The van der Waals surface area contributed by atoms with Gasteiger partial charge in [0, 0.05) is 17.6 Å². The smallest absolute Gasteiger partial charge is 0.123 e. The summed E-state index contributed by atoms with van der Waals surface area (Å²) in [5.41, 5.74) is 1.60. The quantitative estimate of drug-likeness (QED) is 0.766. The highest BCUT2D eigenvalue weighted by atomic mass is 19.1. The zero-order chi connectivity index (χ0) is 15.2. The molecule has 21 heavy (non-hydrogen) atoms. The van der Waals surface area contributed by atoms with Crippen LogP contribution in [0.25, 0.3) is 0 Å². The highest BCUT2D eigenvalue weighted by molar-refractivity contribution is 5.35. The minimum Gasteiger partial charge on any atom is -0.508 e. The van der Waals surface area contributed by atoms with Gasteiger partial charge in [0.15, 0.2) is 0 Å². The summed E-state index contributed by atoms with van der Waals surface area (Å²) in [7, 11) is 0. The summed E-state index contributed by atoms with van der Waals surface area (Å²) in [5.74, 6) is -0.340. The lowest BCUT2D eigenvalue weighted by Crippen LogP contribution is -2.36. The molecule has 2 rings (SSSR count). The van der Waals surface area contributed by atoms with Crippen LogP contribution in [0.2, 0.25) is 0 Å². The molecule has 2 aromatic rings. The van der Waals surface area contributed by atoms with Crippen molar-refractivity contribution in [3.05, 3.63) is 65.5 Å². The lowest BCUT2D eigenvalue weighted by Gasteiger charge is -2.23. The molecule has 0 saturated heterocycles. The molecule has 3 nitrogen and oxygen atoms in total. The average molecular weight is 289 g/mol. The van der Waals surface area contributed by atoms with Gasteiger partial charge in [0.1, 0.15) is 11.6 Å². The number of phenolic OH excluding ortho intramolecular Hbond substituents is 1. The number of rotatable bonds is 6. The zero-order valence-corrected chi connectivity index (χ0v) is 12.0.